The van der Waals surface area contributed by atoms with Crippen LogP contribution < -0.4 is 0 Å². The van der Waals surface area contributed by atoms with Gasteiger partial charge in [-0.25, -0.2) is 0 Å². The van der Waals surface area contributed by atoms with E-state index in [0.29, 0.717) is 6.04 Å². The van der Waals surface area contributed by atoms with Crippen LogP contribution in [0.1, 0.15) is 24.5 Å². The highest BCUT2D eigenvalue weighted by molar-refractivity contribution is 5.85. The highest BCUT2D eigenvalue weighted by atomic mass is 35.5. The van der Waals surface area contributed by atoms with Crippen molar-refractivity contribution in [2.45, 2.75) is 32.2 Å². The summed E-state index contributed by atoms with van der Waals surface area (Å²) in [7, 11) is 2.23. The topological polar surface area (TPSA) is 3.24 Å². The quantitative estimate of drug-likeness (QED) is 0.722. The summed E-state index contributed by atoms with van der Waals surface area (Å²) in [4.78, 5) is 2.47. The van der Waals surface area contributed by atoms with Gasteiger partial charge in [0, 0.05) is 12.6 Å². The Bertz CT molecular complexity index is 436. The monoisotopic (exact) mass is 303 g/mol. The fourth-order valence-corrected chi connectivity index (χ4v) is 2.41. The number of hydrogen-bond donors (Lipinski definition) is 0. The zero-order valence-corrected chi connectivity index (χ0v) is 13.9. The first-order valence-electron chi connectivity index (χ1n) is 7.54. The van der Waals surface area contributed by atoms with Gasteiger partial charge in [0.15, 0.2) is 0 Å². The molecular formula is C19H26ClN. The molecule has 0 radical (unpaired) electrons. The highest BCUT2D eigenvalue weighted by Crippen LogP contribution is 2.09. The minimum atomic E-state index is 0. The molecule has 0 saturated carbocycles. The Morgan fingerprint density at radius 3 is 1.81 bits per heavy atom. The van der Waals surface area contributed by atoms with Gasteiger partial charge in [-0.15, -0.1) is 12.4 Å². The Morgan fingerprint density at radius 1 is 0.810 bits per heavy atom. The molecule has 2 aromatic rings. The Balaban J connectivity index is 0.00000220. The van der Waals surface area contributed by atoms with Gasteiger partial charge in [0.05, 0.1) is 0 Å². The van der Waals surface area contributed by atoms with Crippen LogP contribution in [0.3, 0.4) is 0 Å². The molecule has 0 N–H and O–H groups in total. The summed E-state index contributed by atoms with van der Waals surface area (Å²) in [5.74, 6) is 0. The van der Waals surface area contributed by atoms with Crippen molar-refractivity contribution in [1.82, 2.24) is 4.90 Å². The van der Waals surface area contributed by atoms with Crippen molar-refractivity contribution in [3.8, 4) is 0 Å². The molecule has 0 heterocycles. The molecular weight excluding hydrogens is 278 g/mol. The third-order valence-corrected chi connectivity index (χ3v) is 4.04. The minimum absolute atomic E-state index is 0. The van der Waals surface area contributed by atoms with Gasteiger partial charge < -0.3 is 4.90 Å². The van der Waals surface area contributed by atoms with Crippen LogP contribution in [-0.4, -0.2) is 24.5 Å². The molecule has 0 aliphatic carbocycles. The van der Waals surface area contributed by atoms with Gasteiger partial charge in [0.1, 0.15) is 0 Å². The van der Waals surface area contributed by atoms with Gasteiger partial charge in [0.25, 0.3) is 0 Å². The summed E-state index contributed by atoms with van der Waals surface area (Å²) >= 11 is 0. The molecule has 0 aliphatic rings. The number of benzene rings is 2. The fraction of sp³-hybridized carbons (Fsp3) is 0.368. The Morgan fingerprint density at radius 2 is 1.29 bits per heavy atom. The summed E-state index contributed by atoms with van der Waals surface area (Å²) in [6.07, 6.45) is 3.51. The fourth-order valence-electron chi connectivity index (χ4n) is 2.41. The lowest BCUT2D eigenvalue weighted by Crippen LogP contribution is -2.31. The van der Waals surface area contributed by atoms with Crippen molar-refractivity contribution >= 4 is 12.4 Å². The van der Waals surface area contributed by atoms with Crippen LogP contribution in [0.5, 0.6) is 0 Å². The van der Waals surface area contributed by atoms with E-state index < -0.39 is 0 Å². The molecule has 0 saturated heterocycles. The van der Waals surface area contributed by atoms with E-state index in [-0.39, 0.29) is 12.4 Å². The van der Waals surface area contributed by atoms with E-state index in [2.05, 4.69) is 79.5 Å². The Hall–Kier alpha value is -1.31. The van der Waals surface area contributed by atoms with E-state index in [9.17, 15) is 0 Å². The molecule has 114 valence electrons. The second-order valence-corrected chi connectivity index (χ2v) is 5.59. The van der Waals surface area contributed by atoms with E-state index in [1.165, 1.54) is 17.5 Å². The van der Waals surface area contributed by atoms with Gasteiger partial charge >= 0.3 is 0 Å². The van der Waals surface area contributed by atoms with Crippen LogP contribution in [0.2, 0.25) is 0 Å². The van der Waals surface area contributed by atoms with Crippen molar-refractivity contribution in [2.75, 3.05) is 13.6 Å². The van der Waals surface area contributed by atoms with Gasteiger partial charge in [-0.1, -0.05) is 60.7 Å². The highest BCUT2D eigenvalue weighted by Gasteiger charge is 2.09. The molecule has 2 heteroatoms. The summed E-state index contributed by atoms with van der Waals surface area (Å²) in [6.45, 7) is 3.45. The van der Waals surface area contributed by atoms with Crippen molar-refractivity contribution in [1.29, 1.82) is 0 Å². The molecule has 1 nitrogen and oxygen atoms in total. The molecule has 0 aliphatic heterocycles. The predicted octanol–water partition coefficient (Wildman–Crippen LogP) is 4.60. The maximum Gasteiger partial charge on any atom is 0.00671 e. The van der Waals surface area contributed by atoms with E-state index in [4.69, 9.17) is 0 Å². The van der Waals surface area contributed by atoms with Gasteiger partial charge in [-0.2, -0.15) is 0 Å². The van der Waals surface area contributed by atoms with Crippen LogP contribution in [0.15, 0.2) is 60.7 Å². The molecule has 0 aromatic heterocycles. The molecule has 1 atom stereocenters. The zero-order valence-electron chi connectivity index (χ0n) is 13.0. The van der Waals surface area contributed by atoms with E-state index >= 15 is 0 Å². The van der Waals surface area contributed by atoms with Crippen molar-refractivity contribution in [3.63, 3.8) is 0 Å². The van der Waals surface area contributed by atoms with Gasteiger partial charge in [-0.05, 0) is 44.4 Å². The zero-order chi connectivity index (χ0) is 14.2. The molecule has 0 spiro atoms. The lowest BCUT2D eigenvalue weighted by atomic mass is 10.0. The van der Waals surface area contributed by atoms with E-state index in [1.807, 2.05) is 0 Å². The van der Waals surface area contributed by atoms with Crippen molar-refractivity contribution in [3.05, 3.63) is 71.8 Å². The number of aryl methyl sites for hydroxylation is 1. The lowest BCUT2D eigenvalue weighted by Gasteiger charge is -2.24. The van der Waals surface area contributed by atoms with Crippen LogP contribution >= 0.6 is 12.4 Å². The third-order valence-electron chi connectivity index (χ3n) is 4.04. The third kappa shape index (κ3) is 6.33. The van der Waals surface area contributed by atoms with Gasteiger partial charge in [0.2, 0.25) is 0 Å². The smallest absolute Gasteiger partial charge is 0.00671 e. The number of nitrogens with zero attached hydrogens (tertiary/aromatic N) is 1. The Labute approximate surface area is 135 Å². The maximum absolute atomic E-state index is 2.47. The molecule has 21 heavy (non-hydrogen) atoms. The van der Waals surface area contributed by atoms with Crippen LogP contribution in [0, 0.1) is 0 Å². The number of likely N-dealkylation sites (N-methyl/N-ethyl adjacent to an activating group) is 1. The predicted molar refractivity (Wildman–Crippen MR) is 94.2 cm³/mol. The lowest BCUT2D eigenvalue weighted by molar-refractivity contribution is 0.249. The standard InChI is InChI=1S/C19H25N.ClH/c1-17(13-14-18-9-5-3-6-10-18)20(2)16-15-19-11-7-4-8-12-19;/h3-12,17H,13-16H2,1-2H3;1H. The molecule has 0 fully saturated rings. The molecule has 0 amide bonds. The number of halogens is 1. The van der Waals surface area contributed by atoms with Crippen molar-refractivity contribution in [2.24, 2.45) is 0 Å². The average Bonchev–Trinajstić information content (AvgIpc) is 2.52. The van der Waals surface area contributed by atoms with Crippen LogP contribution in [0.4, 0.5) is 0 Å². The molecule has 1 unspecified atom stereocenters. The van der Waals surface area contributed by atoms with Crippen LogP contribution in [0.25, 0.3) is 0 Å². The Kier molecular flexibility index (Phi) is 8.11. The first-order valence-corrected chi connectivity index (χ1v) is 7.54. The minimum Gasteiger partial charge on any atom is -0.303 e. The van der Waals surface area contributed by atoms with Gasteiger partial charge in [-0.3, -0.25) is 0 Å². The summed E-state index contributed by atoms with van der Waals surface area (Å²) in [6, 6.07) is 22.1. The largest absolute Gasteiger partial charge is 0.303 e. The first-order chi connectivity index (χ1) is 9.75. The second-order valence-electron chi connectivity index (χ2n) is 5.59. The van der Waals surface area contributed by atoms with Crippen LogP contribution in [-0.2, 0) is 12.8 Å². The normalized spacial score (nSPS) is 12.0. The number of rotatable bonds is 7. The molecule has 2 aromatic carbocycles. The second kappa shape index (κ2) is 9.59. The van der Waals surface area contributed by atoms with E-state index in [0.717, 1.165) is 19.4 Å². The molecule has 0 bridgehead atoms. The first kappa shape index (κ1) is 17.7. The SMILES string of the molecule is CC(CCc1ccccc1)N(C)CCc1ccccc1.Cl. The summed E-state index contributed by atoms with van der Waals surface area (Å²) in [5, 5.41) is 0. The van der Waals surface area contributed by atoms with E-state index in [1.54, 1.807) is 0 Å². The summed E-state index contributed by atoms with van der Waals surface area (Å²) < 4.78 is 0. The average molecular weight is 304 g/mol. The molecule has 2 rings (SSSR count). The summed E-state index contributed by atoms with van der Waals surface area (Å²) in [5.41, 5.74) is 2.87. The maximum atomic E-state index is 2.47. The number of hydrogen-bond acceptors (Lipinski definition) is 1. The van der Waals surface area contributed by atoms with Crippen molar-refractivity contribution < 1.29 is 0 Å².